The fourth-order valence-corrected chi connectivity index (χ4v) is 2.69. The van der Waals surface area contributed by atoms with Crippen LogP contribution in [0.3, 0.4) is 0 Å². The van der Waals surface area contributed by atoms with Crippen LogP contribution in [0.25, 0.3) is 11.4 Å². The zero-order valence-corrected chi connectivity index (χ0v) is 16.4. The first-order chi connectivity index (χ1) is 13.1. The molecule has 1 aromatic heterocycles. The molecule has 0 atom stereocenters. The molecule has 0 radical (unpaired) electrons. The molecule has 140 valence electrons. The van der Waals surface area contributed by atoms with Crippen LogP contribution in [0.15, 0.2) is 53.6 Å². The van der Waals surface area contributed by atoms with Gasteiger partial charge in [0.2, 0.25) is 4.77 Å². The topological polar surface area (TPSA) is 64.4 Å². The lowest BCUT2D eigenvalue weighted by Crippen LogP contribution is -2.05. The molecule has 0 aliphatic rings. The molecule has 0 saturated heterocycles. The SMILES string of the molecule is CCOc1ccc(/C=N/n2c(-c3cccc(OC(C)C)c3)n[nH]c2=S)cc1. The van der Waals surface area contributed by atoms with Crippen molar-refractivity contribution in [3.63, 3.8) is 0 Å². The number of hydrogen-bond donors (Lipinski definition) is 1. The normalized spacial score (nSPS) is 11.3. The Kier molecular flexibility index (Phi) is 6.03. The lowest BCUT2D eigenvalue weighted by molar-refractivity contribution is 0.242. The Balaban J connectivity index is 1.88. The van der Waals surface area contributed by atoms with Crippen LogP contribution in [-0.2, 0) is 0 Å². The second-order valence-corrected chi connectivity index (χ2v) is 6.49. The van der Waals surface area contributed by atoms with Gasteiger partial charge < -0.3 is 9.47 Å². The minimum atomic E-state index is 0.0961. The van der Waals surface area contributed by atoms with Gasteiger partial charge in [-0.2, -0.15) is 14.9 Å². The minimum Gasteiger partial charge on any atom is -0.494 e. The molecule has 1 N–H and O–H groups in total. The zero-order chi connectivity index (χ0) is 19.2. The van der Waals surface area contributed by atoms with Crippen LogP contribution in [0.4, 0.5) is 0 Å². The highest BCUT2D eigenvalue weighted by molar-refractivity contribution is 7.71. The van der Waals surface area contributed by atoms with Crippen molar-refractivity contribution in [3.8, 4) is 22.9 Å². The predicted octanol–water partition coefficient (Wildman–Crippen LogP) is 4.68. The van der Waals surface area contributed by atoms with Gasteiger partial charge in [0.1, 0.15) is 11.5 Å². The summed E-state index contributed by atoms with van der Waals surface area (Å²) in [6, 6.07) is 15.4. The summed E-state index contributed by atoms with van der Waals surface area (Å²) in [4.78, 5) is 0. The Bertz CT molecular complexity index is 974. The quantitative estimate of drug-likeness (QED) is 0.476. The Labute approximate surface area is 163 Å². The third-order valence-corrected chi connectivity index (χ3v) is 3.89. The van der Waals surface area contributed by atoms with E-state index in [1.54, 1.807) is 10.9 Å². The third kappa shape index (κ3) is 4.83. The molecule has 0 spiro atoms. The number of aromatic amines is 1. The van der Waals surface area contributed by atoms with E-state index in [2.05, 4.69) is 15.3 Å². The van der Waals surface area contributed by atoms with Crippen molar-refractivity contribution in [3.05, 3.63) is 58.9 Å². The Hall–Kier alpha value is -2.93. The monoisotopic (exact) mass is 382 g/mol. The number of rotatable bonds is 7. The van der Waals surface area contributed by atoms with Crippen molar-refractivity contribution in [2.75, 3.05) is 6.61 Å². The number of H-pyrrole nitrogens is 1. The molecule has 0 unspecified atom stereocenters. The highest BCUT2D eigenvalue weighted by Gasteiger charge is 2.09. The predicted molar refractivity (Wildman–Crippen MR) is 109 cm³/mol. The number of aromatic nitrogens is 3. The van der Waals surface area contributed by atoms with Gasteiger partial charge in [-0.05, 0) is 75.0 Å². The van der Waals surface area contributed by atoms with Crippen molar-refractivity contribution in [1.29, 1.82) is 0 Å². The van der Waals surface area contributed by atoms with Crippen LogP contribution in [0.5, 0.6) is 11.5 Å². The number of nitrogens with one attached hydrogen (secondary N) is 1. The van der Waals surface area contributed by atoms with Crippen molar-refractivity contribution < 1.29 is 9.47 Å². The molecule has 0 aliphatic carbocycles. The van der Waals surface area contributed by atoms with E-state index >= 15 is 0 Å². The summed E-state index contributed by atoms with van der Waals surface area (Å²) in [6.45, 7) is 6.58. The summed E-state index contributed by atoms with van der Waals surface area (Å²) in [5.74, 6) is 2.23. The Morgan fingerprint density at radius 2 is 1.96 bits per heavy atom. The second-order valence-electron chi connectivity index (χ2n) is 6.11. The van der Waals surface area contributed by atoms with E-state index in [-0.39, 0.29) is 6.10 Å². The molecular weight excluding hydrogens is 360 g/mol. The smallest absolute Gasteiger partial charge is 0.216 e. The number of ether oxygens (including phenoxy) is 2. The van der Waals surface area contributed by atoms with Crippen LogP contribution >= 0.6 is 12.2 Å². The molecule has 0 amide bonds. The first kappa shape index (κ1) is 18.8. The van der Waals surface area contributed by atoms with Crippen molar-refractivity contribution in [2.24, 2.45) is 5.10 Å². The van der Waals surface area contributed by atoms with E-state index in [9.17, 15) is 0 Å². The molecule has 3 rings (SSSR count). The van der Waals surface area contributed by atoms with E-state index in [4.69, 9.17) is 21.7 Å². The molecule has 0 bridgehead atoms. The molecule has 0 saturated carbocycles. The van der Waals surface area contributed by atoms with Gasteiger partial charge in [0.15, 0.2) is 5.82 Å². The maximum absolute atomic E-state index is 5.76. The van der Waals surface area contributed by atoms with Gasteiger partial charge >= 0.3 is 0 Å². The molecule has 2 aromatic carbocycles. The molecule has 7 heteroatoms. The molecule has 3 aromatic rings. The van der Waals surface area contributed by atoms with Gasteiger partial charge in [0.05, 0.1) is 18.9 Å². The maximum Gasteiger partial charge on any atom is 0.216 e. The summed E-state index contributed by atoms with van der Waals surface area (Å²) in [5, 5.41) is 11.6. The standard InChI is InChI=1S/C20H22N4O2S/c1-4-25-17-10-8-15(9-11-17)13-21-24-19(22-23-20(24)27)16-6-5-7-18(12-16)26-14(2)3/h5-14H,4H2,1-3H3,(H,23,27)/b21-13+. The number of benzene rings is 2. The minimum absolute atomic E-state index is 0.0961. The fraction of sp³-hybridized carbons (Fsp3) is 0.250. The number of nitrogens with zero attached hydrogens (tertiary/aromatic N) is 3. The molecule has 27 heavy (non-hydrogen) atoms. The summed E-state index contributed by atoms with van der Waals surface area (Å²) >= 11 is 5.33. The van der Waals surface area contributed by atoms with Gasteiger partial charge in [-0.15, -0.1) is 0 Å². The Morgan fingerprint density at radius 1 is 1.19 bits per heavy atom. The van der Waals surface area contributed by atoms with Crippen LogP contribution in [-0.4, -0.2) is 33.8 Å². The highest BCUT2D eigenvalue weighted by Crippen LogP contribution is 2.23. The van der Waals surface area contributed by atoms with Gasteiger partial charge in [-0.1, -0.05) is 12.1 Å². The maximum atomic E-state index is 5.76. The summed E-state index contributed by atoms with van der Waals surface area (Å²) in [6.07, 6.45) is 1.83. The van der Waals surface area contributed by atoms with Crippen LogP contribution in [0, 0.1) is 4.77 Å². The van der Waals surface area contributed by atoms with E-state index < -0.39 is 0 Å². The lowest BCUT2D eigenvalue weighted by atomic mass is 10.2. The van der Waals surface area contributed by atoms with Crippen LogP contribution in [0.1, 0.15) is 26.3 Å². The Morgan fingerprint density at radius 3 is 2.67 bits per heavy atom. The molecule has 6 nitrogen and oxygen atoms in total. The van der Waals surface area contributed by atoms with Crippen molar-refractivity contribution in [1.82, 2.24) is 14.9 Å². The van der Waals surface area contributed by atoms with Crippen LogP contribution in [0.2, 0.25) is 0 Å². The number of hydrogen-bond acceptors (Lipinski definition) is 5. The molecular formula is C20H22N4O2S. The van der Waals surface area contributed by atoms with Gasteiger partial charge in [0, 0.05) is 5.56 Å². The van der Waals surface area contributed by atoms with Crippen LogP contribution < -0.4 is 9.47 Å². The van der Waals surface area contributed by atoms with Crippen molar-refractivity contribution in [2.45, 2.75) is 26.9 Å². The average molecular weight is 382 g/mol. The van der Waals surface area contributed by atoms with Crippen molar-refractivity contribution >= 4 is 18.4 Å². The van der Waals surface area contributed by atoms with E-state index in [1.165, 1.54) is 0 Å². The zero-order valence-electron chi connectivity index (χ0n) is 15.5. The molecule has 0 fully saturated rings. The van der Waals surface area contributed by atoms with Gasteiger partial charge in [-0.3, -0.25) is 0 Å². The lowest BCUT2D eigenvalue weighted by Gasteiger charge is -2.10. The summed E-state index contributed by atoms with van der Waals surface area (Å²) in [7, 11) is 0. The third-order valence-electron chi connectivity index (χ3n) is 3.63. The average Bonchev–Trinajstić information content (AvgIpc) is 3.02. The largest absolute Gasteiger partial charge is 0.494 e. The fourth-order valence-electron chi connectivity index (χ4n) is 2.51. The van der Waals surface area contributed by atoms with E-state index in [1.807, 2.05) is 69.3 Å². The first-order valence-corrected chi connectivity index (χ1v) is 9.19. The molecule has 1 heterocycles. The van der Waals surface area contributed by atoms with E-state index in [0.29, 0.717) is 17.2 Å². The summed E-state index contributed by atoms with van der Waals surface area (Å²) < 4.78 is 13.2. The van der Waals surface area contributed by atoms with Gasteiger partial charge in [0.25, 0.3) is 0 Å². The van der Waals surface area contributed by atoms with E-state index in [0.717, 1.165) is 22.6 Å². The second kappa shape index (κ2) is 8.64. The first-order valence-electron chi connectivity index (χ1n) is 8.78. The highest BCUT2D eigenvalue weighted by atomic mass is 32.1. The molecule has 0 aliphatic heterocycles. The summed E-state index contributed by atoms with van der Waals surface area (Å²) in [5.41, 5.74) is 1.80. The van der Waals surface area contributed by atoms with Gasteiger partial charge in [-0.25, -0.2) is 5.10 Å².